The zero-order chi connectivity index (χ0) is 26.7. The van der Waals surface area contributed by atoms with Crippen LogP contribution in [0.2, 0.25) is 0 Å². The maximum atomic E-state index is 13.2. The number of hydrogen-bond acceptors (Lipinski definition) is 4. The van der Waals surface area contributed by atoms with Crippen LogP contribution in [0.4, 0.5) is 29.3 Å². The average Bonchev–Trinajstić information content (AvgIpc) is 3.08. The first-order valence-electron chi connectivity index (χ1n) is 12.0. The smallest absolute Gasteiger partial charge is 0.364 e. The molecule has 0 aliphatic carbocycles. The Kier molecular flexibility index (Phi) is 7.37. The van der Waals surface area contributed by atoms with Gasteiger partial charge >= 0.3 is 12.2 Å². The lowest BCUT2D eigenvalue weighted by Gasteiger charge is -2.28. The summed E-state index contributed by atoms with van der Waals surface area (Å²) in [6.45, 7) is 6.05. The van der Waals surface area contributed by atoms with Crippen LogP contribution in [0.5, 0.6) is 0 Å². The monoisotopic (exact) mass is 511 g/mol. The molecule has 0 spiro atoms. The highest BCUT2D eigenvalue weighted by Gasteiger charge is 2.31. The Bertz CT molecular complexity index is 1290. The molecule has 2 aromatic carbocycles. The molecule has 1 aromatic heterocycles. The minimum absolute atomic E-state index is 0.107. The normalized spacial score (nSPS) is 13.6. The third-order valence-electron chi connectivity index (χ3n) is 6.43. The van der Waals surface area contributed by atoms with E-state index in [4.69, 9.17) is 5.73 Å². The number of aromatic nitrogens is 1. The van der Waals surface area contributed by atoms with Crippen molar-refractivity contribution in [3.8, 4) is 11.3 Å². The SMILES string of the molecule is CCN(CC)C(=O)N1CCN(c2ccc(C(F)(F)F)cc2)c2ccc(-c3cccc(C(N)=O)n3)cc2C1. The average molecular weight is 512 g/mol. The Balaban J connectivity index is 1.77. The predicted molar refractivity (Wildman–Crippen MR) is 135 cm³/mol. The lowest BCUT2D eigenvalue weighted by Crippen LogP contribution is -2.44. The molecule has 1 aliphatic rings. The number of fused-ring (bicyclic) bond motifs is 1. The second kappa shape index (κ2) is 10.5. The number of alkyl halides is 3. The van der Waals surface area contributed by atoms with Crippen molar-refractivity contribution in [2.75, 3.05) is 31.1 Å². The van der Waals surface area contributed by atoms with E-state index in [0.717, 1.165) is 28.9 Å². The van der Waals surface area contributed by atoms with E-state index in [1.54, 1.807) is 21.9 Å². The number of pyridine rings is 1. The number of rotatable bonds is 5. The summed E-state index contributed by atoms with van der Waals surface area (Å²) in [7, 11) is 0. The number of carbonyl (C=O) groups is 2. The number of hydrogen-bond donors (Lipinski definition) is 1. The predicted octanol–water partition coefficient (Wildman–Crippen LogP) is 5.28. The van der Waals surface area contributed by atoms with Crippen molar-refractivity contribution in [3.05, 3.63) is 77.5 Å². The molecule has 0 radical (unpaired) electrons. The van der Waals surface area contributed by atoms with Crippen LogP contribution in [0.3, 0.4) is 0 Å². The lowest BCUT2D eigenvalue weighted by atomic mass is 10.0. The van der Waals surface area contributed by atoms with E-state index in [1.165, 1.54) is 18.2 Å². The minimum Gasteiger partial charge on any atom is -0.364 e. The Morgan fingerprint density at radius 2 is 1.70 bits per heavy atom. The Morgan fingerprint density at radius 3 is 2.32 bits per heavy atom. The maximum Gasteiger partial charge on any atom is 0.416 e. The summed E-state index contributed by atoms with van der Waals surface area (Å²) in [4.78, 5) is 34.6. The van der Waals surface area contributed by atoms with Gasteiger partial charge in [-0.15, -0.1) is 0 Å². The van der Waals surface area contributed by atoms with E-state index in [2.05, 4.69) is 4.98 Å². The van der Waals surface area contributed by atoms with E-state index in [1.807, 2.05) is 36.9 Å². The number of urea groups is 1. The fraction of sp³-hybridized carbons (Fsp3) is 0.296. The second-order valence-electron chi connectivity index (χ2n) is 8.69. The number of halogens is 3. The molecule has 0 fully saturated rings. The van der Waals surface area contributed by atoms with Crippen molar-refractivity contribution in [3.63, 3.8) is 0 Å². The molecule has 1 aliphatic heterocycles. The van der Waals surface area contributed by atoms with Gasteiger partial charge in [0, 0.05) is 49.7 Å². The first kappa shape index (κ1) is 26.0. The molecule has 3 amide bonds. The summed E-state index contributed by atoms with van der Waals surface area (Å²) in [5.74, 6) is -0.638. The summed E-state index contributed by atoms with van der Waals surface area (Å²) in [6, 6.07) is 15.5. The minimum atomic E-state index is -4.43. The molecule has 0 saturated carbocycles. The number of benzene rings is 2. The van der Waals surface area contributed by atoms with Gasteiger partial charge in [-0.1, -0.05) is 12.1 Å². The largest absolute Gasteiger partial charge is 0.416 e. The third kappa shape index (κ3) is 5.52. The van der Waals surface area contributed by atoms with Crippen LogP contribution in [0.1, 0.15) is 35.5 Å². The van der Waals surface area contributed by atoms with Gasteiger partial charge in [0.25, 0.3) is 5.91 Å². The number of anilines is 2. The highest BCUT2D eigenvalue weighted by molar-refractivity contribution is 5.91. The number of nitrogens with zero attached hydrogens (tertiary/aromatic N) is 4. The molecule has 194 valence electrons. The molecular weight excluding hydrogens is 483 g/mol. The van der Waals surface area contributed by atoms with Crippen LogP contribution < -0.4 is 10.6 Å². The van der Waals surface area contributed by atoms with Gasteiger partial charge in [0.2, 0.25) is 0 Å². The van der Waals surface area contributed by atoms with Crippen molar-refractivity contribution in [2.24, 2.45) is 5.73 Å². The molecule has 7 nitrogen and oxygen atoms in total. The summed E-state index contributed by atoms with van der Waals surface area (Å²) in [6.07, 6.45) is -4.43. The van der Waals surface area contributed by atoms with Crippen LogP contribution in [0.25, 0.3) is 11.3 Å². The summed E-state index contributed by atoms with van der Waals surface area (Å²) in [5.41, 5.74) is 8.26. The van der Waals surface area contributed by atoms with Crippen molar-refractivity contribution in [2.45, 2.75) is 26.6 Å². The molecule has 0 bridgehead atoms. The zero-order valence-electron chi connectivity index (χ0n) is 20.6. The lowest BCUT2D eigenvalue weighted by molar-refractivity contribution is -0.137. The van der Waals surface area contributed by atoms with Gasteiger partial charge in [0.1, 0.15) is 5.69 Å². The first-order chi connectivity index (χ1) is 17.6. The summed E-state index contributed by atoms with van der Waals surface area (Å²) in [5, 5.41) is 0. The van der Waals surface area contributed by atoms with Gasteiger partial charge in [-0.3, -0.25) is 4.79 Å². The molecule has 0 atom stereocenters. The molecular formula is C27H28F3N5O2. The molecule has 0 saturated heterocycles. The van der Waals surface area contributed by atoms with Gasteiger partial charge in [-0.25, -0.2) is 9.78 Å². The van der Waals surface area contributed by atoms with Gasteiger partial charge in [0.15, 0.2) is 0 Å². The molecule has 3 aromatic rings. The van der Waals surface area contributed by atoms with Crippen molar-refractivity contribution >= 4 is 23.3 Å². The molecule has 2 N–H and O–H groups in total. The van der Waals surface area contributed by atoms with Crippen molar-refractivity contribution in [1.29, 1.82) is 0 Å². The third-order valence-corrected chi connectivity index (χ3v) is 6.43. The Hall–Kier alpha value is -4.08. The van der Waals surface area contributed by atoms with Crippen molar-refractivity contribution in [1.82, 2.24) is 14.8 Å². The first-order valence-corrected chi connectivity index (χ1v) is 12.0. The molecule has 0 unspecified atom stereocenters. The van der Waals surface area contributed by atoms with Crippen LogP contribution in [0, 0.1) is 0 Å². The number of nitrogens with two attached hydrogens (primary N) is 1. The van der Waals surface area contributed by atoms with Crippen LogP contribution >= 0.6 is 0 Å². The van der Waals surface area contributed by atoms with E-state index < -0.39 is 17.6 Å². The van der Waals surface area contributed by atoms with E-state index in [9.17, 15) is 22.8 Å². The quantitative estimate of drug-likeness (QED) is 0.505. The molecule has 10 heteroatoms. The van der Waals surface area contributed by atoms with E-state index in [-0.39, 0.29) is 11.7 Å². The number of primary amides is 1. The molecule has 2 heterocycles. The fourth-order valence-corrected chi connectivity index (χ4v) is 4.45. The van der Waals surface area contributed by atoms with E-state index in [0.29, 0.717) is 44.1 Å². The van der Waals surface area contributed by atoms with Gasteiger partial charge in [0.05, 0.1) is 11.3 Å². The standard InChI is InChI=1S/C27H28F3N5O2/c1-3-33(4-2)26(37)34-14-15-35(21-11-9-20(10-12-21)27(28,29)30)24-13-8-18(16-19(24)17-34)22-6-5-7-23(32-22)25(31)36/h5-13,16H,3-4,14-15,17H2,1-2H3,(H2,31,36). The Morgan fingerprint density at radius 1 is 1.00 bits per heavy atom. The van der Waals surface area contributed by atoms with Crippen molar-refractivity contribution < 1.29 is 22.8 Å². The van der Waals surface area contributed by atoms with Gasteiger partial charge in [-0.2, -0.15) is 13.2 Å². The maximum absolute atomic E-state index is 13.2. The van der Waals surface area contributed by atoms with E-state index >= 15 is 0 Å². The molecule has 37 heavy (non-hydrogen) atoms. The Labute approximate surface area is 213 Å². The highest BCUT2D eigenvalue weighted by Crippen LogP contribution is 2.36. The summed E-state index contributed by atoms with van der Waals surface area (Å²) < 4.78 is 39.4. The highest BCUT2D eigenvalue weighted by atomic mass is 19.4. The second-order valence-corrected chi connectivity index (χ2v) is 8.69. The van der Waals surface area contributed by atoms with Crippen LogP contribution in [-0.2, 0) is 12.7 Å². The van der Waals surface area contributed by atoms with Gasteiger partial charge < -0.3 is 20.4 Å². The number of amides is 3. The number of carbonyl (C=O) groups excluding carboxylic acids is 2. The fourth-order valence-electron chi connectivity index (χ4n) is 4.45. The topological polar surface area (TPSA) is 82.8 Å². The zero-order valence-corrected chi connectivity index (χ0v) is 20.6. The van der Waals surface area contributed by atoms with Crippen LogP contribution in [-0.4, -0.2) is 52.9 Å². The van der Waals surface area contributed by atoms with Gasteiger partial charge in [-0.05, 0) is 67.9 Å². The van der Waals surface area contributed by atoms with Crippen LogP contribution in [0.15, 0.2) is 60.7 Å². The molecule has 4 rings (SSSR count). The summed E-state index contributed by atoms with van der Waals surface area (Å²) >= 11 is 0.